The number of aliphatic hydroxyl groups is 1. The van der Waals surface area contributed by atoms with Crippen LogP contribution in [0.4, 0.5) is 0 Å². The summed E-state index contributed by atoms with van der Waals surface area (Å²) in [7, 11) is 3.70. The number of methoxy groups -OCH3 is 1. The van der Waals surface area contributed by atoms with Crippen LogP contribution in [-0.2, 0) is 26.8 Å². The Morgan fingerprint density at radius 1 is 1.11 bits per heavy atom. The van der Waals surface area contributed by atoms with Crippen molar-refractivity contribution in [1.82, 2.24) is 19.3 Å². The molecule has 0 radical (unpaired) electrons. The molecule has 6 rings (SSSR count). The number of piperidine rings is 1. The summed E-state index contributed by atoms with van der Waals surface area (Å²) in [6.45, 7) is 4.92. The summed E-state index contributed by atoms with van der Waals surface area (Å²) in [6, 6.07) is 5.75. The molecule has 3 fully saturated rings. The monoisotopic (exact) mass is 524 g/mol. The number of carbonyl (C=O) groups is 2. The number of carbonyl (C=O) groups excluding carboxylic acids is 2. The first-order valence-electron chi connectivity index (χ1n) is 14.1. The first-order chi connectivity index (χ1) is 18.4. The molecule has 9 nitrogen and oxygen atoms in total. The van der Waals surface area contributed by atoms with Gasteiger partial charge in [0.05, 0.1) is 45.0 Å². The maximum Gasteiger partial charge on any atom is 0.237 e. The van der Waals surface area contributed by atoms with Crippen LogP contribution in [0.1, 0.15) is 49.4 Å². The Morgan fingerprint density at radius 2 is 1.84 bits per heavy atom. The van der Waals surface area contributed by atoms with E-state index in [-0.39, 0.29) is 23.8 Å². The van der Waals surface area contributed by atoms with Crippen molar-refractivity contribution in [3.63, 3.8) is 0 Å². The molecule has 4 heterocycles. The fraction of sp³-hybridized carbons (Fsp3) is 0.655. The Morgan fingerprint density at radius 3 is 2.50 bits per heavy atom. The lowest BCUT2D eigenvalue weighted by Gasteiger charge is -2.51. The molecule has 3 aliphatic heterocycles. The number of likely N-dealkylation sites (tertiary alicyclic amines) is 1. The number of aromatic nitrogens is 1. The SMILES string of the molecule is COc1ccc2c3c(n(C)c2c1)[C@H](CO)N(C(=O)CN1CCOCC1)CC31CCN(C(=O)CC2CC2)CC1. The van der Waals surface area contributed by atoms with Crippen LogP contribution >= 0.6 is 0 Å². The predicted molar refractivity (Wildman–Crippen MR) is 143 cm³/mol. The lowest BCUT2D eigenvalue weighted by atomic mass is 9.68. The van der Waals surface area contributed by atoms with E-state index in [2.05, 4.69) is 15.5 Å². The molecule has 9 heteroatoms. The summed E-state index contributed by atoms with van der Waals surface area (Å²) in [5, 5.41) is 11.8. The maximum atomic E-state index is 13.8. The van der Waals surface area contributed by atoms with Gasteiger partial charge in [0.15, 0.2) is 0 Å². The first kappa shape index (κ1) is 25.6. The number of benzene rings is 1. The minimum absolute atomic E-state index is 0.0473. The van der Waals surface area contributed by atoms with E-state index in [1.165, 1.54) is 18.4 Å². The van der Waals surface area contributed by atoms with Crippen LogP contribution in [0.15, 0.2) is 18.2 Å². The van der Waals surface area contributed by atoms with Gasteiger partial charge >= 0.3 is 0 Å². The van der Waals surface area contributed by atoms with Crippen LogP contribution in [-0.4, -0.2) is 102 Å². The van der Waals surface area contributed by atoms with Gasteiger partial charge in [-0.05, 0) is 49.3 Å². The highest BCUT2D eigenvalue weighted by molar-refractivity contribution is 5.90. The van der Waals surface area contributed by atoms with E-state index >= 15 is 0 Å². The summed E-state index contributed by atoms with van der Waals surface area (Å²) in [5.74, 6) is 1.68. The van der Waals surface area contributed by atoms with Crippen LogP contribution in [0.2, 0.25) is 0 Å². The zero-order valence-electron chi connectivity index (χ0n) is 22.7. The number of ether oxygens (including phenoxy) is 2. The third kappa shape index (κ3) is 4.48. The van der Waals surface area contributed by atoms with Gasteiger partial charge in [0.2, 0.25) is 11.8 Å². The normalized spacial score (nSPS) is 23.6. The third-order valence-corrected chi connectivity index (χ3v) is 9.34. The van der Waals surface area contributed by atoms with Crippen LogP contribution in [0, 0.1) is 5.92 Å². The molecule has 1 spiro atoms. The van der Waals surface area contributed by atoms with Crippen molar-refractivity contribution < 1.29 is 24.2 Å². The smallest absolute Gasteiger partial charge is 0.237 e. The van der Waals surface area contributed by atoms with Crippen molar-refractivity contribution in [2.75, 3.05) is 66.2 Å². The number of amides is 2. The Kier molecular flexibility index (Phi) is 6.86. The van der Waals surface area contributed by atoms with Crippen LogP contribution in [0.25, 0.3) is 10.9 Å². The Balaban J connectivity index is 1.38. The Labute approximate surface area is 224 Å². The molecule has 0 bridgehead atoms. The summed E-state index contributed by atoms with van der Waals surface area (Å²) >= 11 is 0. The fourth-order valence-electron chi connectivity index (χ4n) is 6.95. The highest BCUT2D eigenvalue weighted by Crippen LogP contribution is 2.50. The highest BCUT2D eigenvalue weighted by Gasteiger charge is 2.50. The second-order valence-electron chi connectivity index (χ2n) is 11.6. The third-order valence-electron chi connectivity index (χ3n) is 9.34. The van der Waals surface area contributed by atoms with Crippen LogP contribution in [0.3, 0.4) is 0 Å². The van der Waals surface area contributed by atoms with Crippen LogP contribution < -0.4 is 4.74 Å². The van der Waals surface area contributed by atoms with E-state index in [0.29, 0.717) is 51.7 Å². The number of hydrogen-bond donors (Lipinski definition) is 1. The van der Waals surface area contributed by atoms with Gasteiger partial charge in [0.25, 0.3) is 0 Å². The number of aliphatic hydroxyl groups excluding tert-OH is 1. The molecular weight excluding hydrogens is 484 g/mol. The number of hydrogen-bond acceptors (Lipinski definition) is 6. The average molecular weight is 525 g/mol. The molecule has 206 valence electrons. The van der Waals surface area contributed by atoms with E-state index in [4.69, 9.17) is 9.47 Å². The lowest BCUT2D eigenvalue weighted by molar-refractivity contribution is -0.141. The molecule has 1 atom stereocenters. The molecule has 0 unspecified atom stereocenters. The zero-order chi connectivity index (χ0) is 26.4. The minimum Gasteiger partial charge on any atom is -0.497 e. The standard InChI is InChI=1S/C29H40N4O5/c1-30-23-16-21(37-2)5-6-22(23)27-28(30)24(18-34)33(26(36)17-31-11-13-38-14-12-31)19-29(27)7-9-32(10-8-29)25(35)15-20-3-4-20/h5-6,16,20,24,34H,3-4,7-15,17-19H2,1-2H3/t24-/m0/s1. The van der Waals surface area contributed by atoms with E-state index in [1.807, 2.05) is 29.0 Å². The Hall–Kier alpha value is -2.62. The predicted octanol–water partition coefficient (Wildman–Crippen LogP) is 2.06. The first-order valence-corrected chi connectivity index (χ1v) is 14.1. The highest BCUT2D eigenvalue weighted by atomic mass is 16.5. The maximum absolute atomic E-state index is 13.8. The number of nitrogens with zero attached hydrogens (tertiary/aromatic N) is 4. The van der Waals surface area contributed by atoms with Crippen molar-refractivity contribution in [3.8, 4) is 5.75 Å². The minimum atomic E-state index is -0.415. The molecule has 1 aromatic carbocycles. The molecule has 2 aromatic rings. The molecule has 1 aromatic heterocycles. The molecule has 38 heavy (non-hydrogen) atoms. The quantitative estimate of drug-likeness (QED) is 0.623. The van der Waals surface area contributed by atoms with Gasteiger partial charge in [-0.25, -0.2) is 0 Å². The van der Waals surface area contributed by atoms with Gasteiger partial charge in [-0.3, -0.25) is 14.5 Å². The Bertz CT molecular complexity index is 1210. The van der Waals surface area contributed by atoms with Gasteiger partial charge in [-0.2, -0.15) is 0 Å². The molecule has 1 aliphatic carbocycles. The van der Waals surface area contributed by atoms with E-state index in [9.17, 15) is 14.7 Å². The van der Waals surface area contributed by atoms with E-state index in [0.717, 1.165) is 48.3 Å². The van der Waals surface area contributed by atoms with Crippen molar-refractivity contribution in [2.45, 2.75) is 43.6 Å². The largest absolute Gasteiger partial charge is 0.497 e. The number of aryl methyl sites for hydroxylation is 1. The second-order valence-corrected chi connectivity index (χ2v) is 11.6. The van der Waals surface area contributed by atoms with Crippen molar-refractivity contribution >= 4 is 22.7 Å². The van der Waals surface area contributed by atoms with Gasteiger partial charge < -0.3 is 28.9 Å². The molecular formula is C29H40N4O5. The number of fused-ring (bicyclic) bond motifs is 4. The van der Waals surface area contributed by atoms with Gasteiger partial charge in [-0.15, -0.1) is 0 Å². The van der Waals surface area contributed by atoms with Gasteiger partial charge in [-0.1, -0.05) is 0 Å². The lowest BCUT2D eigenvalue weighted by Crippen LogP contribution is -2.57. The zero-order valence-corrected chi connectivity index (χ0v) is 22.7. The van der Waals surface area contributed by atoms with Crippen molar-refractivity contribution in [3.05, 3.63) is 29.5 Å². The molecule has 1 saturated carbocycles. The number of morpholine rings is 1. The molecule has 2 saturated heterocycles. The summed E-state index contributed by atoms with van der Waals surface area (Å²) < 4.78 is 13.2. The summed E-state index contributed by atoms with van der Waals surface area (Å²) in [5.41, 5.74) is 3.02. The fourth-order valence-corrected chi connectivity index (χ4v) is 6.95. The van der Waals surface area contributed by atoms with Gasteiger partial charge in [0.1, 0.15) is 5.75 Å². The molecule has 1 N–H and O–H groups in total. The molecule has 2 amide bonds. The number of rotatable bonds is 6. The van der Waals surface area contributed by atoms with E-state index in [1.54, 1.807) is 7.11 Å². The average Bonchev–Trinajstić information content (AvgIpc) is 3.71. The van der Waals surface area contributed by atoms with Crippen molar-refractivity contribution in [2.24, 2.45) is 13.0 Å². The second kappa shape index (κ2) is 10.2. The van der Waals surface area contributed by atoms with Crippen molar-refractivity contribution in [1.29, 1.82) is 0 Å². The summed E-state index contributed by atoms with van der Waals surface area (Å²) in [4.78, 5) is 32.9. The topological polar surface area (TPSA) is 87.5 Å². The van der Waals surface area contributed by atoms with E-state index < -0.39 is 6.04 Å². The van der Waals surface area contributed by atoms with Gasteiger partial charge in [0, 0.05) is 68.8 Å². The van der Waals surface area contributed by atoms with Crippen LogP contribution in [0.5, 0.6) is 5.75 Å². The summed E-state index contributed by atoms with van der Waals surface area (Å²) in [6.07, 6.45) is 4.63. The molecule has 4 aliphatic rings.